The van der Waals surface area contributed by atoms with Crippen molar-refractivity contribution in [2.45, 2.75) is 13.8 Å². The summed E-state index contributed by atoms with van der Waals surface area (Å²) >= 11 is 0. The third-order valence-corrected chi connectivity index (χ3v) is 0.912. The summed E-state index contributed by atoms with van der Waals surface area (Å²) < 4.78 is 0. The quantitative estimate of drug-likeness (QED) is 0.404. The lowest BCUT2D eigenvalue weighted by molar-refractivity contribution is 1.25. The molecule has 0 N–H and O–H groups in total. The molecule has 0 spiro atoms. The van der Waals surface area contributed by atoms with E-state index in [0.29, 0.717) is 0 Å². The maximum absolute atomic E-state index is 8.07. The first-order valence-electron chi connectivity index (χ1n) is 2.81. The van der Waals surface area contributed by atoms with Gasteiger partial charge >= 0.3 is 0 Å². The van der Waals surface area contributed by atoms with Crippen molar-refractivity contribution in [1.29, 1.82) is 5.26 Å². The monoisotopic (exact) mass is 122 g/mol. The molecule has 0 radical (unpaired) electrons. The van der Waals surface area contributed by atoms with Crippen LogP contribution >= 0.6 is 0 Å². The number of rotatable bonds is 2. The van der Waals surface area contributed by atoms with Crippen molar-refractivity contribution in [3.05, 3.63) is 11.6 Å². The molecule has 0 saturated carbocycles. The molecule has 0 unspecified atom stereocenters. The molecule has 0 rings (SSSR count). The van der Waals surface area contributed by atoms with E-state index in [1.54, 1.807) is 6.21 Å². The van der Waals surface area contributed by atoms with Gasteiger partial charge < -0.3 is 0 Å². The molecular weight excluding hydrogens is 112 g/mol. The van der Waals surface area contributed by atoms with Crippen LogP contribution in [0.4, 0.5) is 0 Å². The Morgan fingerprint density at radius 2 is 2.44 bits per heavy atom. The van der Waals surface area contributed by atoms with Crippen LogP contribution in [0.15, 0.2) is 16.6 Å². The van der Waals surface area contributed by atoms with Crippen LogP contribution in [-0.4, -0.2) is 12.8 Å². The van der Waals surface area contributed by atoms with Crippen LogP contribution in [0.25, 0.3) is 0 Å². The van der Waals surface area contributed by atoms with Crippen LogP contribution in [0, 0.1) is 11.3 Å². The maximum atomic E-state index is 8.07. The second-order valence-electron chi connectivity index (χ2n) is 1.66. The van der Waals surface area contributed by atoms with Gasteiger partial charge in [-0.1, -0.05) is 6.08 Å². The second kappa shape index (κ2) is 5.04. The van der Waals surface area contributed by atoms with Crippen LogP contribution in [0.3, 0.4) is 0 Å². The highest BCUT2D eigenvalue weighted by atomic mass is 14.7. The summed E-state index contributed by atoms with van der Waals surface area (Å²) in [7, 11) is 0. The molecule has 48 valence electrons. The van der Waals surface area contributed by atoms with Gasteiger partial charge in [0.05, 0.1) is 6.07 Å². The molecule has 0 fully saturated rings. The van der Waals surface area contributed by atoms with Gasteiger partial charge in [-0.2, -0.15) is 5.26 Å². The van der Waals surface area contributed by atoms with Gasteiger partial charge in [0.15, 0.2) is 0 Å². The zero-order chi connectivity index (χ0) is 7.11. The van der Waals surface area contributed by atoms with Crippen molar-refractivity contribution in [2.24, 2.45) is 4.99 Å². The van der Waals surface area contributed by atoms with E-state index in [-0.39, 0.29) is 6.54 Å². The number of aliphatic imine (C=N–C) groups is 1. The van der Waals surface area contributed by atoms with Crippen LogP contribution < -0.4 is 0 Å². The zero-order valence-corrected chi connectivity index (χ0v) is 5.76. The largest absolute Gasteiger partial charge is 0.278 e. The lowest BCUT2D eigenvalue weighted by Crippen LogP contribution is -1.78. The molecule has 0 aliphatic heterocycles. The minimum Gasteiger partial charge on any atom is -0.278 e. The smallest absolute Gasteiger partial charge is 0.126 e. The Hall–Kier alpha value is -1.10. The molecule has 0 amide bonds. The van der Waals surface area contributed by atoms with E-state index in [4.69, 9.17) is 5.26 Å². The van der Waals surface area contributed by atoms with E-state index in [0.717, 1.165) is 5.57 Å². The number of allylic oxidation sites excluding steroid dienone is 2. The van der Waals surface area contributed by atoms with Crippen molar-refractivity contribution >= 4 is 6.21 Å². The average molecular weight is 122 g/mol. The maximum Gasteiger partial charge on any atom is 0.126 e. The molecule has 2 heteroatoms. The predicted octanol–water partition coefficient (Wildman–Crippen LogP) is 1.55. The van der Waals surface area contributed by atoms with E-state index >= 15 is 0 Å². The first-order chi connectivity index (χ1) is 4.31. The van der Waals surface area contributed by atoms with Crippen LogP contribution in [0.1, 0.15) is 13.8 Å². The lowest BCUT2D eigenvalue weighted by atomic mass is 10.3. The fraction of sp³-hybridized carbons (Fsp3) is 0.429. The van der Waals surface area contributed by atoms with Crippen LogP contribution in [0.5, 0.6) is 0 Å². The van der Waals surface area contributed by atoms with Gasteiger partial charge in [-0.05, 0) is 19.4 Å². The Labute approximate surface area is 55.5 Å². The highest BCUT2D eigenvalue weighted by molar-refractivity contribution is 5.77. The fourth-order valence-electron chi connectivity index (χ4n) is 0.305. The van der Waals surface area contributed by atoms with E-state index in [2.05, 4.69) is 4.99 Å². The molecule has 9 heavy (non-hydrogen) atoms. The van der Waals surface area contributed by atoms with Gasteiger partial charge in [0.25, 0.3) is 0 Å². The summed E-state index contributed by atoms with van der Waals surface area (Å²) in [6, 6.07) is 1.92. The molecule has 2 nitrogen and oxygen atoms in total. The van der Waals surface area contributed by atoms with E-state index in [1.165, 1.54) is 0 Å². The van der Waals surface area contributed by atoms with Crippen molar-refractivity contribution in [3.63, 3.8) is 0 Å². The molecule has 0 atom stereocenters. The van der Waals surface area contributed by atoms with Crippen molar-refractivity contribution in [3.8, 4) is 6.07 Å². The summed E-state index contributed by atoms with van der Waals surface area (Å²) in [5, 5.41) is 8.07. The van der Waals surface area contributed by atoms with Gasteiger partial charge in [0, 0.05) is 6.21 Å². The minimum atomic E-state index is 0.255. The molecule has 0 aromatic heterocycles. The SMILES string of the molecule is C/C=C(\C)C=NCC#N. The third kappa shape index (κ3) is 4.76. The average Bonchev–Trinajstić information content (AvgIpc) is 1.89. The van der Waals surface area contributed by atoms with Gasteiger partial charge in [-0.15, -0.1) is 0 Å². The van der Waals surface area contributed by atoms with Gasteiger partial charge in [-0.3, -0.25) is 4.99 Å². The Bertz CT molecular complexity index is 160. The third-order valence-electron chi connectivity index (χ3n) is 0.912. The molecule has 0 aliphatic rings. The Morgan fingerprint density at radius 3 is 2.89 bits per heavy atom. The van der Waals surface area contributed by atoms with Crippen LogP contribution in [-0.2, 0) is 0 Å². The Balaban J connectivity index is 3.61. The van der Waals surface area contributed by atoms with Crippen LogP contribution in [0.2, 0.25) is 0 Å². The standard InChI is InChI=1S/C7H10N2/c1-3-7(2)6-9-5-4-8/h3,6H,5H2,1-2H3/b7-3+,9-6?. The Kier molecular flexibility index (Phi) is 4.43. The summed E-state index contributed by atoms with van der Waals surface area (Å²) in [4.78, 5) is 3.81. The van der Waals surface area contributed by atoms with Crippen molar-refractivity contribution < 1.29 is 0 Å². The molecule has 0 bridgehead atoms. The van der Waals surface area contributed by atoms with Gasteiger partial charge in [0.2, 0.25) is 0 Å². The number of hydrogen-bond donors (Lipinski definition) is 0. The van der Waals surface area contributed by atoms with Crippen molar-refractivity contribution in [2.75, 3.05) is 6.54 Å². The number of nitriles is 1. The van der Waals surface area contributed by atoms with Crippen molar-refractivity contribution in [1.82, 2.24) is 0 Å². The van der Waals surface area contributed by atoms with Gasteiger partial charge in [-0.25, -0.2) is 0 Å². The molecular formula is C7H10N2. The molecule has 0 aromatic rings. The minimum absolute atomic E-state index is 0.255. The molecule has 0 aromatic carbocycles. The van der Waals surface area contributed by atoms with E-state index in [1.807, 2.05) is 26.0 Å². The van der Waals surface area contributed by atoms with E-state index < -0.39 is 0 Å². The van der Waals surface area contributed by atoms with E-state index in [9.17, 15) is 0 Å². The highest BCUT2D eigenvalue weighted by Crippen LogP contribution is 1.84. The molecule has 0 aliphatic carbocycles. The summed E-state index contributed by atoms with van der Waals surface area (Å²) in [6.07, 6.45) is 3.64. The topological polar surface area (TPSA) is 36.1 Å². The molecule has 0 saturated heterocycles. The second-order valence-corrected chi connectivity index (χ2v) is 1.66. The first kappa shape index (κ1) is 7.90. The highest BCUT2D eigenvalue weighted by Gasteiger charge is 1.75. The first-order valence-corrected chi connectivity index (χ1v) is 2.81. The normalized spacial score (nSPS) is 11.9. The summed E-state index contributed by atoms with van der Waals surface area (Å²) in [6.45, 7) is 4.14. The summed E-state index contributed by atoms with van der Waals surface area (Å²) in [5.41, 5.74) is 1.09. The zero-order valence-electron chi connectivity index (χ0n) is 5.76. The summed E-state index contributed by atoms with van der Waals surface area (Å²) in [5.74, 6) is 0. The predicted molar refractivity (Wildman–Crippen MR) is 38.4 cm³/mol. The fourth-order valence-corrected chi connectivity index (χ4v) is 0.305. The lowest BCUT2D eigenvalue weighted by Gasteiger charge is -1.83. The molecule has 0 heterocycles. The number of hydrogen-bond acceptors (Lipinski definition) is 2. The number of nitrogens with zero attached hydrogens (tertiary/aromatic N) is 2. The Morgan fingerprint density at radius 1 is 1.78 bits per heavy atom. The van der Waals surface area contributed by atoms with Gasteiger partial charge in [0.1, 0.15) is 6.54 Å².